The fraction of sp³-hybridized carbons (Fsp3) is 0.667. The predicted molar refractivity (Wildman–Crippen MR) is 64.6 cm³/mol. The van der Waals surface area contributed by atoms with E-state index in [1.807, 2.05) is 6.07 Å². The van der Waals surface area contributed by atoms with Crippen molar-refractivity contribution in [1.29, 1.82) is 0 Å². The molecular formula is C12H19NOS. The number of hydrogen-bond acceptors (Lipinski definition) is 3. The average molecular weight is 225 g/mol. The molecule has 3 heteroatoms. The van der Waals surface area contributed by atoms with Crippen molar-refractivity contribution in [1.82, 2.24) is 5.32 Å². The first-order valence-electron chi connectivity index (χ1n) is 5.65. The Hall–Kier alpha value is -0.540. The van der Waals surface area contributed by atoms with Gasteiger partial charge in [-0.1, -0.05) is 6.92 Å². The van der Waals surface area contributed by atoms with Crippen LogP contribution >= 0.6 is 11.3 Å². The van der Waals surface area contributed by atoms with Gasteiger partial charge >= 0.3 is 0 Å². The van der Waals surface area contributed by atoms with Gasteiger partial charge in [0.1, 0.15) is 5.75 Å². The molecule has 0 bridgehead atoms. The Morgan fingerprint density at radius 1 is 1.53 bits per heavy atom. The van der Waals surface area contributed by atoms with Crippen molar-refractivity contribution < 1.29 is 4.74 Å². The molecule has 1 aliphatic carbocycles. The molecule has 0 amide bonds. The minimum atomic E-state index is 0.426. The third-order valence-electron chi connectivity index (χ3n) is 3.54. The summed E-state index contributed by atoms with van der Waals surface area (Å²) in [6.07, 6.45) is 5.28. The van der Waals surface area contributed by atoms with Crippen LogP contribution in [-0.2, 0) is 6.54 Å². The molecule has 0 saturated heterocycles. The van der Waals surface area contributed by atoms with Crippen LogP contribution < -0.4 is 10.1 Å². The minimum absolute atomic E-state index is 0.426. The highest BCUT2D eigenvalue weighted by Crippen LogP contribution is 2.35. The largest absolute Gasteiger partial charge is 0.496 e. The van der Waals surface area contributed by atoms with Crippen LogP contribution in [0.15, 0.2) is 11.4 Å². The molecular weight excluding hydrogens is 206 g/mol. The summed E-state index contributed by atoms with van der Waals surface area (Å²) in [7, 11) is 1.74. The van der Waals surface area contributed by atoms with Gasteiger partial charge in [-0.25, -0.2) is 0 Å². The first-order valence-corrected chi connectivity index (χ1v) is 6.53. The van der Waals surface area contributed by atoms with E-state index in [4.69, 9.17) is 4.74 Å². The zero-order valence-electron chi connectivity index (χ0n) is 9.51. The standard InChI is InChI=1S/C12H19NOS/c1-3-12(6-4-7-12)13-9-11-10(14-2)5-8-15-11/h5,8,13H,3-4,6-7,9H2,1-2H3. The van der Waals surface area contributed by atoms with Gasteiger partial charge < -0.3 is 10.1 Å². The molecule has 0 aromatic carbocycles. The molecule has 1 heterocycles. The molecule has 0 radical (unpaired) electrons. The second-order valence-corrected chi connectivity index (χ2v) is 5.25. The van der Waals surface area contributed by atoms with Crippen molar-refractivity contribution in [2.24, 2.45) is 0 Å². The fourth-order valence-corrected chi connectivity index (χ4v) is 2.95. The first kappa shape index (κ1) is 11.0. The summed E-state index contributed by atoms with van der Waals surface area (Å²) < 4.78 is 5.31. The highest BCUT2D eigenvalue weighted by Gasteiger charge is 2.34. The summed E-state index contributed by atoms with van der Waals surface area (Å²) in [5.41, 5.74) is 0.426. The summed E-state index contributed by atoms with van der Waals surface area (Å²) in [5, 5.41) is 5.78. The van der Waals surface area contributed by atoms with Crippen molar-refractivity contribution in [3.8, 4) is 5.75 Å². The number of thiophene rings is 1. The molecule has 2 rings (SSSR count). The molecule has 1 aromatic rings. The zero-order valence-corrected chi connectivity index (χ0v) is 10.3. The normalized spacial score (nSPS) is 18.5. The molecule has 84 valence electrons. The molecule has 1 fully saturated rings. The van der Waals surface area contributed by atoms with Crippen LogP contribution in [0.3, 0.4) is 0 Å². The number of ether oxygens (including phenoxy) is 1. The van der Waals surface area contributed by atoms with E-state index in [-0.39, 0.29) is 0 Å². The van der Waals surface area contributed by atoms with Crippen LogP contribution in [0.2, 0.25) is 0 Å². The Bertz CT molecular complexity index is 312. The van der Waals surface area contributed by atoms with E-state index in [1.165, 1.54) is 30.6 Å². The number of rotatable bonds is 5. The molecule has 0 spiro atoms. The van der Waals surface area contributed by atoms with Gasteiger partial charge in [0, 0.05) is 12.1 Å². The van der Waals surface area contributed by atoms with Gasteiger partial charge in [-0.2, -0.15) is 0 Å². The zero-order chi connectivity index (χ0) is 10.7. The smallest absolute Gasteiger partial charge is 0.134 e. The van der Waals surface area contributed by atoms with Crippen LogP contribution in [0.5, 0.6) is 5.75 Å². The summed E-state index contributed by atoms with van der Waals surface area (Å²) in [5.74, 6) is 1.03. The summed E-state index contributed by atoms with van der Waals surface area (Å²) in [6.45, 7) is 3.23. The van der Waals surface area contributed by atoms with Crippen molar-refractivity contribution in [3.05, 3.63) is 16.3 Å². The lowest BCUT2D eigenvalue weighted by atomic mass is 9.75. The lowest BCUT2D eigenvalue weighted by Crippen LogP contribution is -2.49. The fourth-order valence-electron chi connectivity index (χ4n) is 2.17. The molecule has 1 N–H and O–H groups in total. The molecule has 15 heavy (non-hydrogen) atoms. The maximum Gasteiger partial charge on any atom is 0.134 e. The molecule has 2 nitrogen and oxygen atoms in total. The summed E-state index contributed by atoms with van der Waals surface area (Å²) in [6, 6.07) is 2.04. The van der Waals surface area contributed by atoms with Crippen molar-refractivity contribution in [2.75, 3.05) is 7.11 Å². The average Bonchev–Trinajstić information content (AvgIpc) is 2.64. The minimum Gasteiger partial charge on any atom is -0.496 e. The van der Waals surface area contributed by atoms with Gasteiger partial charge in [0.15, 0.2) is 0 Å². The van der Waals surface area contributed by atoms with E-state index in [1.54, 1.807) is 18.4 Å². The van der Waals surface area contributed by atoms with Gasteiger partial charge in [0.2, 0.25) is 0 Å². The van der Waals surface area contributed by atoms with Crippen LogP contribution in [-0.4, -0.2) is 12.6 Å². The maximum absolute atomic E-state index is 5.31. The Morgan fingerprint density at radius 3 is 2.87 bits per heavy atom. The summed E-state index contributed by atoms with van der Waals surface area (Å²) in [4.78, 5) is 1.32. The van der Waals surface area contributed by atoms with E-state index in [0.29, 0.717) is 5.54 Å². The number of nitrogens with one attached hydrogen (secondary N) is 1. The van der Waals surface area contributed by atoms with Crippen LogP contribution in [0.4, 0.5) is 0 Å². The van der Waals surface area contributed by atoms with Crippen LogP contribution in [0, 0.1) is 0 Å². The highest BCUT2D eigenvalue weighted by atomic mass is 32.1. The lowest BCUT2D eigenvalue weighted by molar-refractivity contribution is 0.175. The molecule has 1 saturated carbocycles. The second kappa shape index (κ2) is 4.54. The Morgan fingerprint density at radius 2 is 2.33 bits per heavy atom. The summed E-state index contributed by atoms with van der Waals surface area (Å²) >= 11 is 1.77. The quantitative estimate of drug-likeness (QED) is 0.831. The van der Waals surface area contributed by atoms with Crippen LogP contribution in [0.1, 0.15) is 37.5 Å². The molecule has 1 aliphatic rings. The predicted octanol–water partition coefficient (Wildman–Crippen LogP) is 3.18. The second-order valence-electron chi connectivity index (χ2n) is 4.25. The topological polar surface area (TPSA) is 21.3 Å². The molecule has 1 aromatic heterocycles. The van der Waals surface area contributed by atoms with E-state index >= 15 is 0 Å². The van der Waals surface area contributed by atoms with Crippen molar-refractivity contribution >= 4 is 11.3 Å². The van der Waals surface area contributed by atoms with Gasteiger partial charge in [0.25, 0.3) is 0 Å². The van der Waals surface area contributed by atoms with Crippen LogP contribution in [0.25, 0.3) is 0 Å². The highest BCUT2D eigenvalue weighted by molar-refractivity contribution is 7.10. The Kier molecular flexibility index (Phi) is 3.32. The Balaban J connectivity index is 1.92. The SMILES string of the molecule is CCC1(NCc2sccc2OC)CCC1. The third kappa shape index (κ3) is 2.18. The third-order valence-corrected chi connectivity index (χ3v) is 4.44. The Labute approximate surface area is 95.6 Å². The van der Waals surface area contributed by atoms with E-state index < -0.39 is 0 Å². The molecule has 0 unspecified atom stereocenters. The molecule has 0 aliphatic heterocycles. The van der Waals surface area contributed by atoms with Crippen molar-refractivity contribution in [2.45, 2.75) is 44.7 Å². The van der Waals surface area contributed by atoms with Gasteiger partial charge in [-0.15, -0.1) is 11.3 Å². The van der Waals surface area contributed by atoms with E-state index in [2.05, 4.69) is 17.6 Å². The number of hydrogen-bond donors (Lipinski definition) is 1. The lowest BCUT2D eigenvalue weighted by Gasteiger charge is -2.42. The monoisotopic (exact) mass is 225 g/mol. The molecule has 0 atom stereocenters. The maximum atomic E-state index is 5.31. The van der Waals surface area contributed by atoms with Crippen molar-refractivity contribution in [3.63, 3.8) is 0 Å². The first-order chi connectivity index (χ1) is 7.29. The van der Waals surface area contributed by atoms with Gasteiger partial charge in [-0.3, -0.25) is 0 Å². The van der Waals surface area contributed by atoms with Gasteiger partial charge in [-0.05, 0) is 37.1 Å². The van der Waals surface area contributed by atoms with E-state index in [9.17, 15) is 0 Å². The van der Waals surface area contributed by atoms with Gasteiger partial charge in [0.05, 0.1) is 12.0 Å². The van der Waals surface area contributed by atoms with E-state index in [0.717, 1.165) is 12.3 Å². The number of methoxy groups -OCH3 is 1.